The highest BCUT2D eigenvalue weighted by atomic mass is 16.5. The van der Waals surface area contributed by atoms with Crippen molar-refractivity contribution in [2.45, 2.75) is 31.8 Å². The Morgan fingerprint density at radius 2 is 1.81 bits per heavy atom. The average Bonchev–Trinajstić information content (AvgIpc) is 3.20. The van der Waals surface area contributed by atoms with Gasteiger partial charge in [0.15, 0.2) is 0 Å². The van der Waals surface area contributed by atoms with Crippen molar-refractivity contribution in [1.29, 1.82) is 0 Å². The maximum Gasteiger partial charge on any atom is 0.337 e. The normalized spacial score (nSPS) is 14.5. The van der Waals surface area contributed by atoms with Gasteiger partial charge in [-0.15, -0.1) is 0 Å². The van der Waals surface area contributed by atoms with E-state index in [2.05, 4.69) is 11.1 Å². The number of methoxy groups -OCH3 is 1. The van der Waals surface area contributed by atoms with Gasteiger partial charge in [0.25, 0.3) is 0 Å². The van der Waals surface area contributed by atoms with E-state index < -0.39 is 0 Å². The second-order valence-electron chi connectivity index (χ2n) is 6.65. The summed E-state index contributed by atoms with van der Waals surface area (Å²) >= 11 is 0. The Morgan fingerprint density at radius 1 is 1.04 bits per heavy atom. The number of benzene rings is 2. The number of ether oxygens (including phenoxy) is 2. The van der Waals surface area contributed by atoms with E-state index >= 15 is 0 Å². The molecule has 0 spiro atoms. The van der Waals surface area contributed by atoms with Crippen LogP contribution in [0.15, 0.2) is 54.7 Å². The Hall–Kier alpha value is -2.88. The fraction of sp³-hybridized carbons (Fsp3) is 0.273. The van der Waals surface area contributed by atoms with Crippen molar-refractivity contribution in [2.24, 2.45) is 0 Å². The van der Waals surface area contributed by atoms with Gasteiger partial charge in [-0.3, -0.25) is 0 Å². The van der Waals surface area contributed by atoms with Crippen molar-refractivity contribution in [3.05, 3.63) is 60.3 Å². The first-order valence-electron chi connectivity index (χ1n) is 8.99. The van der Waals surface area contributed by atoms with E-state index in [1.54, 1.807) is 12.3 Å². The van der Waals surface area contributed by atoms with Crippen LogP contribution in [-0.2, 0) is 4.74 Å². The summed E-state index contributed by atoms with van der Waals surface area (Å²) in [5.74, 6) is 0.375. The molecule has 0 N–H and O–H groups in total. The summed E-state index contributed by atoms with van der Waals surface area (Å²) in [7, 11) is 1.39. The summed E-state index contributed by atoms with van der Waals surface area (Å²) in [6, 6.07) is 15.7. The van der Waals surface area contributed by atoms with Gasteiger partial charge in [-0.1, -0.05) is 18.2 Å². The van der Waals surface area contributed by atoms with Gasteiger partial charge in [-0.25, -0.2) is 9.78 Å². The van der Waals surface area contributed by atoms with Crippen LogP contribution in [0.4, 0.5) is 0 Å². The summed E-state index contributed by atoms with van der Waals surface area (Å²) in [4.78, 5) is 16.2. The maximum atomic E-state index is 11.7. The highest BCUT2D eigenvalue weighted by Crippen LogP contribution is 2.33. The smallest absolute Gasteiger partial charge is 0.337 e. The van der Waals surface area contributed by atoms with E-state index in [0.29, 0.717) is 11.4 Å². The first kappa shape index (κ1) is 16.6. The van der Waals surface area contributed by atoms with E-state index in [-0.39, 0.29) is 12.1 Å². The van der Waals surface area contributed by atoms with Gasteiger partial charge in [0.2, 0.25) is 5.88 Å². The van der Waals surface area contributed by atoms with Crippen molar-refractivity contribution in [2.75, 3.05) is 7.11 Å². The number of pyridine rings is 1. The molecule has 1 aliphatic carbocycles. The zero-order valence-electron chi connectivity index (χ0n) is 14.8. The van der Waals surface area contributed by atoms with E-state index in [9.17, 15) is 4.79 Å². The lowest BCUT2D eigenvalue weighted by Gasteiger charge is -2.15. The highest BCUT2D eigenvalue weighted by Gasteiger charge is 2.19. The minimum atomic E-state index is -0.324. The molecule has 0 bridgehead atoms. The summed E-state index contributed by atoms with van der Waals surface area (Å²) < 4.78 is 11.0. The Kier molecular flexibility index (Phi) is 4.57. The summed E-state index contributed by atoms with van der Waals surface area (Å²) in [6.45, 7) is 0. The number of esters is 1. The third-order valence-electron chi connectivity index (χ3n) is 4.92. The molecule has 1 fully saturated rings. The van der Waals surface area contributed by atoms with Gasteiger partial charge in [-0.2, -0.15) is 0 Å². The van der Waals surface area contributed by atoms with Crippen LogP contribution in [0.2, 0.25) is 0 Å². The number of carbonyl (C=O) groups excluding carboxylic acids is 1. The van der Waals surface area contributed by atoms with Gasteiger partial charge in [0.05, 0.1) is 12.7 Å². The molecule has 132 valence electrons. The molecular weight excluding hydrogens is 326 g/mol. The van der Waals surface area contributed by atoms with Crippen molar-refractivity contribution >= 4 is 16.7 Å². The first-order chi connectivity index (χ1) is 12.7. The molecule has 0 atom stereocenters. The SMILES string of the molecule is COC(=O)c1ccc2cc(-c3cccnc3OC3CCCC3)ccc2c1. The van der Waals surface area contributed by atoms with Gasteiger partial charge >= 0.3 is 5.97 Å². The van der Waals surface area contributed by atoms with E-state index in [0.717, 1.165) is 34.7 Å². The lowest BCUT2D eigenvalue weighted by Crippen LogP contribution is -2.12. The topological polar surface area (TPSA) is 48.4 Å². The second-order valence-corrected chi connectivity index (χ2v) is 6.65. The molecule has 0 amide bonds. The van der Waals surface area contributed by atoms with Gasteiger partial charge in [0, 0.05) is 11.8 Å². The number of fused-ring (bicyclic) bond motifs is 1. The Bertz CT molecular complexity index is 945. The van der Waals surface area contributed by atoms with Crippen LogP contribution in [0.1, 0.15) is 36.0 Å². The van der Waals surface area contributed by atoms with Crippen LogP contribution in [0, 0.1) is 0 Å². The van der Waals surface area contributed by atoms with Crippen LogP contribution in [0.3, 0.4) is 0 Å². The van der Waals surface area contributed by atoms with E-state index in [1.165, 1.54) is 20.0 Å². The molecule has 4 heteroatoms. The van der Waals surface area contributed by atoms with Gasteiger partial charge < -0.3 is 9.47 Å². The largest absolute Gasteiger partial charge is 0.474 e. The molecule has 0 saturated heterocycles. The molecule has 0 aliphatic heterocycles. The fourth-order valence-electron chi connectivity index (χ4n) is 3.53. The predicted octanol–water partition coefficient (Wildman–Crippen LogP) is 5.01. The molecular formula is C22H21NO3. The number of hydrogen-bond donors (Lipinski definition) is 0. The van der Waals surface area contributed by atoms with Gasteiger partial charge in [-0.05, 0) is 72.4 Å². The fourth-order valence-corrected chi connectivity index (χ4v) is 3.53. The zero-order valence-corrected chi connectivity index (χ0v) is 14.8. The average molecular weight is 347 g/mol. The molecule has 4 nitrogen and oxygen atoms in total. The quantitative estimate of drug-likeness (QED) is 0.623. The molecule has 1 aromatic heterocycles. The Labute approximate surface area is 152 Å². The summed E-state index contributed by atoms with van der Waals surface area (Å²) in [6.07, 6.45) is 6.70. The molecule has 1 aliphatic rings. The molecule has 3 aromatic rings. The standard InChI is InChI=1S/C22H21NO3/c1-25-22(24)18-11-9-15-13-17(10-8-16(15)14-18)20-7-4-12-23-21(20)26-19-5-2-3-6-19/h4,7-14,19H,2-3,5-6H2,1H3. The molecule has 0 radical (unpaired) electrons. The van der Waals surface area contributed by atoms with Crippen LogP contribution in [0.5, 0.6) is 5.88 Å². The number of aromatic nitrogens is 1. The summed E-state index contributed by atoms with van der Waals surface area (Å²) in [5, 5.41) is 2.06. The molecule has 26 heavy (non-hydrogen) atoms. The third-order valence-corrected chi connectivity index (χ3v) is 4.92. The van der Waals surface area contributed by atoms with Gasteiger partial charge in [0.1, 0.15) is 6.10 Å². The molecule has 2 aromatic carbocycles. The third kappa shape index (κ3) is 3.27. The zero-order chi connectivity index (χ0) is 17.9. The second kappa shape index (κ2) is 7.16. The molecule has 1 heterocycles. The summed E-state index contributed by atoms with van der Waals surface area (Å²) in [5.41, 5.74) is 2.61. The number of carbonyl (C=O) groups is 1. The molecule has 0 unspecified atom stereocenters. The van der Waals surface area contributed by atoms with Crippen molar-refractivity contribution in [1.82, 2.24) is 4.98 Å². The van der Waals surface area contributed by atoms with E-state index in [1.807, 2.05) is 36.4 Å². The molecule has 1 saturated carbocycles. The van der Waals surface area contributed by atoms with Crippen molar-refractivity contribution < 1.29 is 14.3 Å². The maximum absolute atomic E-state index is 11.7. The minimum absolute atomic E-state index is 0.270. The first-order valence-corrected chi connectivity index (χ1v) is 8.99. The van der Waals surface area contributed by atoms with Crippen molar-refractivity contribution in [3.8, 4) is 17.0 Å². The number of nitrogens with zero attached hydrogens (tertiary/aromatic N) is 1. The Balaban J connectivity index is 1.69. The highest BCUT2D eigenvalue weighted by molar-refractivity contribution is 5.96. The lowest BCUT2D eigenvalue weighted by molar-refractivity contribution is 0.0601. The monoisotopic (exact) mass is 347 g/mol. The molecule has 4 rings (SSSR count). The van der Waals surface area contributed by atoms with Crippen molar-refractivity contribution in [3.63, 3.8) is 0 Å². The van der Waals surface area contributed by atoms with Crippen LogP contribution >= 0.6 is 0 Å². The van der Waals surface area contributed by atoms with Crippen LogP contribution in [0.25, 0.3) is 21.9 Å². The number of rotatable bonds is 4. The Morgan fingerprint density at radius 3 is 2.62 bits per heavy atom. The predicted molar refractivity (Wildman–Crippen MR) is 101 cm³/mol. The van der Waals surface area contributed by atoms with E-state index in [4.69, 9.17) is 9.47 Å². The lowest BCUT2D eigenvalue weighted by atomic mass is 10.0. The minimum Gasteiger partial charge on any atom is -0.474 e. The number of hydrogen-bond acceptors (Lipinski definition) is 4. The van der Waals surface area contributed by atoms with Crippen LogP contribution in [-0.4, -0.2) is 24.2 Å². The van der Waals surface area contributed by atoms with Crippen LogP contribution < -0.4 is 4.74 Å².